The van der Waals surface area contributed by atoms with E-state index in [0.29, 0.717) is 0 Å². The van der Waals surface area contributed by atoms with Gasteiger partial charge < -0.3 is 15.4 Å². The number of nitrogens with one attached hydrogen (secondary N) is 2. The van der Waals surface area contributed by atoms with Gasteiger partial charge in [-0.05, 0) is 18.1 Å². The minimum Gasteiger partial charge on any atom is -0.391 e. The first-order chi connectivity index (χ1) is 9.56. The van der Waals surface area contributed by atoms with Gasteiger partial charge in [-0.2, -0.15) is 0 Å². The number of aliphatic hydroxyl groups excluding tert-OH is 1. The SMILES string of the molecule is CC(C)C(O)CNC(=O)CSc1nc2ccccc2[nH]1. The summed E-state index contributed by atoms with van der Waals surface area (Å²) in [6, 6.07) is 7.74. The molecule has 0 aliphatic carbocycles. The summed E-state index contributed by atoms with van der Waals surface area (Å²) in [6.07, 6.45) is -0.504. The molecule has 1 aromatic carbocycles. The zero-order chi connectivity index (χ0) is 14.5. The molecule has 0 spiro atoms. The summed E-state index contributed by atoms with van der Waals surface area (Å²) >= 11 is 1.35. The summed E-state index contributed by atoms with van der Waals surface area (Å²) in [7, 11) is 0. The normalized spacial score (nSPS) is 12.8. The van der Waals surface area contributed by atoms with Crippen molar-refractivity contribution in [1.82, 2.24) is 15.3 Å². The lowest BCUT2D eigenvalue weighted by Crippen LogP contribution is -2.35. The third-order valence-corrected chi connectivity index (χ3v) is 3.86. The lowest BCUT2D eigenvalue weighted by molar-refractivity contribution is -0.119. The number of aliphatic hydroxyl groups is 1. The number of carbonyl (C=O) groups excluding carboxylic acids is 1. The van der Waals surface area contributed by atoms with E-state index in [2.05, 4.69) is 15.3 Å². The number of aromatic nitrogens is 2. The highest BCUT2D eigenvalue weighted by molar-refractivity contribution is 7.99. The molecule has 1 atom stereocenters. The van der Waals surface area contributed by atoms with Gasteiger partial charge in [0.25, 0.3) is 0 Å². The third-order valence-electron chi connectivity index (χ3n) is 2.99. The Hall–Kier alpha value is -1.53. The lowest BCUT2D eigenvalue weighted by atomic mass is 10.1. The summed E-state index contributed by atoms with van der Waals surface area (Å²) < 4.78 is 0. The highest BCUT2D eigenvalue weighted by Crippen LogP contribution is 2.18. The summed E-state index contributed by atoms with van der Waals surface area (Å²) in [5.41, 5.74) is 1.86. The molecule has 5 nitrogen and oxygen atoms in total. The molecule has 1 heterocycles. The fourth-order valence-corrected chi connectivity index (χ4v) is 2.35. The van der Waals surface area contributed by atoms with Gasteiger partial charge in [-0.15, -0.1) is 0 Å². The Balaban J connectivity index is 1.81. The van der Waals surface area contributed by atoms with Crippen LogP contribution in [0.4, 0.5) is 0 Å². The van der Waals surface area contributed by atoms with Crippen LogP contribution in [0, 0.1) is 5.92 Å². The number of hydrogen-bond acceptors (Lipinski definition) is 4. The largest absolute Gasteiger partial charge is 0.391 e. The minimum atomic E-state index is -0.504. The van der Waals surface area contributed by atoms with Gasteiger partial charge in [-0.25, -0.2) is 4.98 Å². The van der Waals surface area contributed by atoms with Crippen molar-refractivity contribution in [3.05, 3.63) is 24.3 Å². The number of aromatic amines is 1. The van der Waals surface area contributed by atoms with E-state index in [1.165, 1.54) is 11.8 Å². The average Bonchev–Trinajstić information content (AvgIpc) is 2.85. The summed E-state index contributed by atoms with van der Waals surface area (Å²) in [6.45, 7) is 4.12. The van der Waals surface area contributed by atoms with Gasteiger partial charge in [0, 0.05) is 6.54 Å². The Bertz CT molecular complexity index is 550. The number of hydrogen-bond donors (Lipinski definition) is 3. The van der Waals surface area contributed by atoms with Crippen LogP contribution < -0.4 is 5.32 Å². The van der Waals surface area contributed by atoms with Crippen molar-refractivity contribution in [2.45, 2.75) is 25.1 Å². The Kier molecular flexibility index (Phi) is 5.03. The van der Waals surface area contributed by atoms with Crippen LogP contribution in [0.1, 0.15) is 13.8 Å². The van der Waals surface area contributed by atoms with E-state index in [1.54, 1.807) is 0 Å². The molecule has 1 unspecified atom stereocenters. The second-order valence-electron chi connectivity index (χ2n) is 4.96. The van der Waals surface area contributed by atoms with E-state index in [0.717, 1.165) is 16.2 Å². The van der Waals surface area contributed by atoms with E-state index in [1.807, 2.05) is 38.1 Å². The molecule has 0 saturated heterocycles. The molecule has 0 radical (unpaired) electrons. The number of para-hydroxylation sites is 2. The average molecular weight is 293 g/mol. The van der Waals surface area contributed by atoms with Gasteiger partial charge >= 0.3 is 0 Å². The van der Waals surface area contributed by atoms with E-state index >= 15 is 0 Å². The molecule has 108 valence electrons. The molecule has 1 aromatic heterocycles. The number of imidazole rings is 1. The molecule has 20 heavy (non-hydrogen) atoms. The van der Waals surface area contributed by atoms with Crippen LogP contribution in [-0.2, 0) is 4.79 Å². The number of fused-ring (bicyclic) bond motifs is 1. The highest BCUT2D eigenvalue weighted by atomic mass is 32.2. The fraction of sp³-hybridized carbons (Fsp3) is 0.429. The zero-order valence-electron chi connectivity index (χ0n) is 11.6. The molecule has 0 aliphatic rings. The van der Waals surface area contributed by atoms with Crippen LogP contribution in [0.25, 0.3) is 11.0 Å². The maximum atomic E-state index is 11.7. The maximum Gasteiger partial charge on any atom is 0.230 e. The zero-order valence-corrected chi connectivity index (χ0v) is 12.4. The van der Waals surface area contributed by atoms with Crippen molar-refractivity contribution in [2.75, 3.05) is 12.3 Å². The molecule has 0 fully saturated rings. The second-order valence-corrected chi connectivity index (χ2v) is 5.93. The van der Waals surface area contributed by atoms with Gasteiger partial charge in [0.15, 0.2) is 5.16 Å². The predicted molar refractivity (Wildman–Crippen MR) is 80.7 cm³/mol. The number of carbonyl (C=O) groups is 1. The van der Waals surface area contributed by atoms with Crippen LogP contribution >= 0.6 is 11.8 Å². The Morgan fingerprint density at radius 2 is 2.20 bits per heavy atom. The number of thioether (sulfide) groups is 1. The van der Waals surface area contributed by atoms with E-state index in [9.17, 15) is 9.90 Å². The molecular formula is C14H19N3O2S. The van der Waals surface area contributed by atoms with Crippen molar-refractivity contribution in [2.24, 2.45) is 5.92 Å². The topological polar surface area (TPSA) is 78.0 Å². The van der Waals surface area contributed by atoms with Crippen molar-refractivity contribution >= 4 is 28.7 Å². The Morgan fingerprint density at radius 3 is 2.90 bits per heavy atom. The van der Waals surface area contributed by atoms with E-state index in [-0.39, 0.29) is 24.1 Å². The number of nitrogens with zero attached hydrogens (tertiary/aromatic N) is 1. The quantitative estimate of drug-likeness (QED) is 0.710. The van der Waals surface area contributed by atoms with Crippen LogP contribution in [0.15, 0.2) is 29.4 Å². The summed E-state index contributed by atoms with van der Waals surface area (Å²) in [4.78, 5) is 19.2. The first-order valence-electron chi connectivity index (χ1n) is 6.58. The van der Waals surface area contributed by atoms with Gasteiger partial charge in [0.05, 0.1) is 22.9 Å². The standard InChI is InChI=1S/C14H19N3O2S/c1-9(2)12(18)7-15-13(19)8-20-14-16-10-5-3-4-6-11(10)17-14/h3-6,9,12,18H,7-8H2,1-2H3,(H,15,19)(H,16,17). The van der Waals surface area contributed by atoms with Crippen molar-refractivity contribution in [3.63, 3.8) is 0 Å². The molecular weight excluding hydrogens is 274 g/mol. The first-order valence-corrected chi connectivity index (χ1v) is 7.57. The van der Waals surface area contributed by atoms with Crippen LogP contribution in [0.2, 0.25) is 0 Å². The Labute approximate surface area is 122 Å². The highest BCUT2D eigenvalue weighted by Gasteiger charge is 2.11. The van der Waals surface area contributed by atoms with Crippen LogP contribution in [-0.4, -0.2) is 39.4 Å². The van der Waals surface area contributed by atoms with E-state index < -0.39 is 6.10 Å². The number of benzene rings is 1. The molecule has 0 aliphatic heterocycles. The van der Waals surface area contributed by atoms with Gasteiger partial charge in [-0.3, -0.25) is 4.79 Å². The molecule has 6 heteroatoms. The lowest BCUT2D eigenvalue weighted by Gasteiger charge is -2.14. The van der Waals surface area contributed by atoms with Crippen molar-refractivity contribution < 1.29 is 9.90 Å². The smallest absolute Gasteiger partial charge is 0.230 e. The molecule has 2 aromatic rings. The molecule has 2 rings (SSSR count). The minimum absolute atomic E-state index is 0.102. The molecule has 0 saturated carbocycles. The maximum absolute atomic E-state index is 11.7. The third kappa shape index (κ3) is 3.98. The summed E-state index contributed by atoms with van der Waals surface area (Å²) in [5, 5.41) is 13.1. The Morgan fingerprint density at radius 1 is 1.45 bits per heavy atom. The molecule has 3 N–H and O–H groups in total. The van der Waals surface area contributed by atoms with Crippen molar-refractivity contribution in [1.29, 1.82) is 0 Å². The second kappa shape index (κ2) is 6.76. The predicted octanol–water partition coefficient (Wildman–Crippen LogP) is 1.79. The van der Waals surface area contributed by atoms with Gasteiger partial charge in [0.1, 0.15) is 0 Å². The van der Waals surface area contributed by atoms with Crippen LogP contribution in [0.5, 0.6) is 0 Å². The fourth-order valence-electron chi connectivity index (χ4n) is 1.64. The first kappa shape index (κ1) is 14.9. The summed E-state index contributed by atoms with van der Waals surface area (Å²) in [5.74, 6) is 0.318. The molecule has 1 amide bonds. The van der Waals surface area contributed by atoms with Crippen molar-refractivity contribution in [3.8, 4) is 0 Å². The van der Waals surface area contributed by atoms with Gasteiger partial charge in [-0.1, -0.05) is 37.7 Å². The molecule has 0 bridgehead atoms. The van der Waals surface area contributed by atoms with Crippen LogP contribution in [0.3, 0.4) is 0 Å². The number of H-pyrrole nitrogens is 1. The monoisotopic (exact) mass is 293 g/mol. The number of amides is 1. The number of rotatable bonds is 6. The van der Waals surface area contributed by atoms with E-state index in [4.69, 9.17) is 0 Å². The van der Waals surface area contributed by atoms with Gasteiger partial charge in [0.2, 0.25) is 5.91 Å².